The van der Waals surface area contributed by atoms with E-state index in [1.807, 2.05) is 6.92 Å². The maximum atomic E-state index is 13.8. The summed E-state index contributed by atoms with van der Waals surface area (Å²) in [6.45, 7) is 2.59. The van der Waals surface area contributed by atoms with Gasteiger partial charge in [0, 0.05) is 38.8 Å². The largest absolute Gasteiger partial charge is 0.385 e. The molecule has 1 saturated heterocycles. The molecule has 0 spiro atoms. The molecule has 146 valence electrons. The van der Waals surface area contributed by atoms with Crippen molar-refractivity contribution >= 4 is 15.9 Å². The van der Waals surface area contributed by atoms with Crippen LogP contribution >= 0.6 is 0 Å². The summed E-state index contributed by atoms with van der Waals surface area (Å²) >= 11 is 0. The molecular formula is C17H24F2N2O4S. The second-order valence-corrected chi connectivity index (χ2v) is 8.35. The van der Waals surface area contributed by atoms with Crippen molar-refractivity contribution in [2.75, 3.05) is 26.8 Å². The van der Waals surface area contributed by atoms with Gasteiger partial charge in [0.05, 0.1) is 0 Å². The molecule has 1 aliphatic rings. The van der Waals surface area contributed by atoms with E-state index < -0.39 is 26.6 Å². The number of piperidine rings is 1. The van der Waals surface area contributed by atoms with E-state index in [9.17, 15) is 22.0 Å². The van der Waals surface area contributed by atoms with Crippen LogP contribution in [0, 0.1) is 17.6 Å². The maximum absolute atomic E-state index is 13.8. The number of nitrogens with zero attached hydrogens (tertiary/aromatic N) is 1. The van der Waals surface area contributed by atoms with Gasteiger partial charge in [-0.1, -0.05) is 0 Å². The summed E-state index contributed by atoms with van der Waals surface area (Å²) in [4.78, 5) is 11.6. The average Bonchev–Trinajstić information content (AvgIpc) is 2.62. The van der Waals surface area contributed by atoms with Crippen molar-refractivity contribution in [2.24, 2.45) is 5.92 Å². The molecule has 0 bridgehead atoms. The Morgan fingerprint density at radius 2 is 2.00 bits per heavy atom. The van der Waals surface area contributed by atoms with E-state index in [0.29, 0.717) is 31.9 Å². The first-order chi connectivity index (χ1) is 12.3. The highest BCUT2D eigenvalue weighted by Gasteiger charge is 2.34. The van der Waals surface area contributed by atoms with E-state index in [1.165, 1.54) is 0 Å². The number of carbonyl (C=O) groups is 1. The number of hydrogen-bond acceptors (Lipinski definition) is 4. The van der Waals surface area contributed by atoms with E-state index in [4.69, 9.17) is 4.74 Å². The Bertz CT molecular complexity index is 734. The predicted molar refractivity (Wildman–Crippen MR) is 91.9 cm³/mol. The first-order valence-electron chi connectivity index (χ1n) is 8.50. The lowest BCUT2D eigenvalue weighted by Gasteiger charge is -2.31. The number of carbonyl (C=O) groups excluding carboxylic acids is 1. The second-order valence-electron chi connectivity index (χ2n) is 6.44. The van der Waals surface area contributed by atoms with Crippen molar-refractivity contribution < 1.29 is 26.7 Å². The normalized spacial score (nSPS) is 17.8. The van der Waals surface area contributed by atoms with Crippen LogP contribution in [0.2, 0.25) is 0 Å². The molecule has 1 atom stereocenters. The van der Waals surface area contributed by atoms with Gasteiger partial charge in [0.15, 0.2) is 0 Å². The summed E-state index contributed by atoms with van der Waals surface area (Å²) in [6, 6.07) is 2.31. The van der Waals surface area contributed by atoms with Crippen molar-refractivity contribution in [1.82, 2.24) is 9.62 Å². The Labute approximate surface area is 152 Å². The Morgan fingerprint density at radius 1 is 1.35 bits per heavy atom. The minimum absolute atomic E-state index is 0.0365. The van der Waals surface area contributed by atoms with Gasteiger partial charge in [-0.15, -0.1) is 0 Å². The molecule has 0 aromatic heterocycles. The minimum Gasteiger partial charge on any atom is -0.385 e. The number of ether oxygens (including phenoxy) is 1. The standard InChI is InChI=1S/C17H24F2N2O4S/c1-12(7-10-25-2)20-17(22)13-5-8-21(9-6-13)26(23,24)16-11-14(18)3-4-15(16)19/h3-4,11-13H,5-10H2,1-2H3,(H,20,22). The number of methoxy groups -OCH3 is 1. The van der Waals surface area contributed by atoms with Gasteiger partial charge in [-0.25, -0.2) is 17.2 Å². The average molecular weight is 390 g/mol. The number of sulfonamides is 1. The molecule has 1 aromatic carbocycles. The molecule has 1 aromatic rings. The summed E-state index contributed by atoms with van der Waals surface area (Å²) in [5.41, 5.74) is 0. The van der Waals surface area contributed by atoms with Gasteiger partial charge in [-0.2, -0.15) is 4.31 Å². The van der Waals surface area contributed by atoms with Gasteiger partial charge < -0.3 is 10.1 Å². The minimum atomic E-state index is -4.13. The summed E-state index contributed by atoms with van der Waals surface area (Å²) in [5, 5.41) is 2.89. The Hall–Kier alpha value is -1.58. The Morgan fingerprint density at radius 3 is 2.62 bits per heavy atom. The van der Waals surface area contributed by atoms with Crippen molar-refractivity contribution in [3.8, 4) is 0 Å². The molecule has 0 aliphatic carbocycles. The third-order valence-corrected chi connectivity index (χ3v) is 6.39. The van der Waals surface area contributed by atoms with Gasteiger partial charge in [0.1, 0.15) is 16.5 Å². The van der Waals surface area contributed by atoms with Crippen LogP contribution < -0.4 is 5.32 Å². The summed E-state index contributed by atoms with van der Waals surface area (Å²) in [5.74, 6) is -2.23. The SMILES string of the molecule is COCCC(C)NC(=O)C1CCN(S(=O)(=O)c2cc(F)ccc2F)CC1. The molecule has 2 rings (SSSR count). The summed E-state index contributed by atoms with van der Waals surface area (Å²) in [7, 11) is -2.54. The lowest BCUT2D eigenvalue weighted by Crippen LogP contribution is -2.45. The maximum Gasteiger partial charge on any atom is 0.246 e. The van der Waals surface area contributed by atoms with E-state index in [2.05, 4.69) is 5.32 Å². The van der Waals surface area contributed by atoms with Gasteiger partial charge in [-0.3, -0.25) is 4.79 Å². The van der Waals surface area contributed by atoms with Crippen molar-refractivity contribution in [3.05, 3.63) is 29.8 Å². The molecule has 1 unspecified atom stereocenters. The van der Waals surface area contributed by atoms with Gasteiger partial charge in [0.2, 0.25) is 15.9 Å². The Kier molecular flexibility index (Phi) is 7.08. The Balaban J connectivity index is 1.97. The van der Waals surface area contributed by atoms with E-state index in [0.717, 1.165) is 16.4 Å². The molecular weight excluding hydrogens is 366 g/mol. The highest BCUT2D eigenvalue weighted by molar-refractivity contribution is 7.89. The third kappa shape index (κ3) is 4.99. The van der Waals surface area contributed by atoms with Crippen LogP contribution in [0.15, 0.2) is 23.1 Å². The highest BCUT2D eigenvalue weighted by atomic mass is 32.2. The fourth-order valence-electron chi connectivity index (χ4n) is 2.90. The summed E-state index contributed by atoms with van der Waals surface area (Å²) in [6.07, 6.45) is 1.35. The van der Waals surface area contributed by atoms with Gasteiger partial charge in [-0.05, 0) is 44.4 Å². The first-order valence-corrected chi connectivity index (χ1v) is 9.94. The van der Waals surface area contributed by atoms with Crippen LogP contribution in [-0.2, 0) is 19.6 Å². The molecule has 1 heterocycles. The molecule has 1 fully saturated rings. The van der Waals surface area contributed by atoms with Crippen LogP contribution in [0.4, 0.5) is 8.78 Å². The molecule has 1 amide bonds. The number of rotatable bonds is 7. The van der Waals surface area contributed by atoms with E-state index in [1.54, 1.807) is 7.11 Å². The van der Waals surface area contributed by atoms with Crippen molar-refractivity contribution in [3.63, 3.8) is 0 Å². The smallest absolute Gasteiger partial charge is 0.246 e. The molecule has 0 saturated carbocycles. The third-order valence-electron chi connectivity index (χ3n) is 4.48. The molecule has 6 nitrogen and oxygen atoms in total. The molecule has 1 aliphatic heterocycles. The zero-order valence-corrected chi connectivity index (χ0v) is 15.7. The monoisotopic (exact) mass is 390 g/mol. The van der Waals surface area contributed by atoms with Crippen molar-refractivity contribution in [2.45, 2.75) is 37.1 Å². The molecule has 1 N–H and O–H groups in total. The van der Waals surface area contributed by atoms with Crippen LogP contribution in [0.3, 0.4) is 0 Å². The van der Waals surface area contributed by atoms with Crippen LogP contribution in [0.5, 0.6) is 0 Å². The highest BCUT2D eigenvalue weighted by Crippen LogP contribution is 2.26. The number of halogens is 2. The molecule has 26 heavy (non-hydrogen) atoms. The number of hydrogen-bond donors (Lipinski definition) is 1. The molecule has 0 radical (unpaired) electrons. The fourth-order valence-corrected chi connectivity index (χ4v) is 4.45. The predicted octanol–water partition coefficient (Wildman–Crippen LogP) is 1.91. The molecule has 9 heteroatoms. The number of nitrogens with one attached hydrogen (secondary N) is 1. The fraction of sp³-hybridized carbons (Fsp3) is 0.588. The second kappa shape index (κ2) is 8.88. The topological polar surface area (TPSA) is 75.7 Å². The van der Waals surface area contributed by atoms with Crippen LogP contribution in [0.1, 0.15) is 26.2 Å². The summed E-state index contributed by atoms with van der Waals surface area (Å²) < 4.78 is 58.3. The zero-order valence-electron chi connectivity index (χ0n) is 14.9. The zero-order chi connectivity index (χ0) is 19.3. The van der Waals surface area contributed by atoms with E-state index in [-0.39, 0.29) is 31.0 Å². The number of amides is 1. The number of benzene rings is 1. The first kappa shape index (κ1) is 20.7. The van der Waals surface area contributed by atoms with Crippen LogP contribution in [-0.4, -0.2) is 51.5 Å². The quantitative estimate of drug-likeness (QED) is 0.772. The van der Waals surface area contributed by atoms with Gasteiger partial charge >= 0.3 is 0 Å². The lowest BCUT2D eigenvalue weighted by molar-refractivity contribution is -0.126. The van der Waals surface area contributed by atoms with Crippen molar-refractivity contribution in [1.29, 1.82) is 0 Å². The lowest BCUT2D eigenvalue weighted by atomic mass is 9.97. The van der Waals surface area contributed by atoms with Crippen LogP contribution in [0.25, 0.3) is 0 Å². The van der Waals surface area contributed by atoms with Gasteiger partial charge in [0.25, 0.3) is 0 Å². The van der Waals surface area contributed by atoms with E-state index >= 15 is 0 Å².